The first-order chi connectivity index (χ1) is 9.45. The summed E-state index contributed by atoms with van der Waals surface area (Å²) in [5.41, 5.74) is 2.78. The minimum absolute atomic E-state index is 0.146. The van der Waals surface area contributed by atoms with Crippen LogP contribution in [0.5, 0.6) is 0 Å². The molecule has 1 fully saturated rings. The fourth-order valence-corrected chi connectivity index (χ4v) is 4.22. The van der Waals surface area contributed by atoms with Crippen LogP contribution in [0.25, 0.3) is 0 Å². The Hall–Kier alpha value is -0.670. The van der Waals surface area contributed by atoms with Crippen molar-refractivity contribution in [3.8, 4) is 0 Å². The van der Waals surface area contributed by atoms with E-state index in [1.807, 2.05) is 0 Å². The number of hydrogen-bond donors (Lipinski definition) is 1. The summed E-state index contributed by atoms with van der Waals surface area (Å²) in [4.78, 5) is 1.06. The SMILES string of the molecule is CC(C)(C)c1ccc2c(c1)C(NC1CC1)CCCS2=O. The molecule has 0 bridgehead atoms. The topological polar surface area (TPSA) is 29.1 Å². The van der Waals surface area contributed by atoms with E-state index in [9.17, 15) is 4.21 Å². The Kier molecular flexibility index (Phi) is 3.76. The Labute approximate surface area is 124 Å². The summed E-state index contributed by atoms with van der Waals surface area (Å²) in [6.45, 7) is 6.73. The van der Waals surface area contributed by atoms with Crippen LogP contribution in [0.15, 0.2) is 23.1 Å². The van der Waals surface area contributed by atoms with E-state index in [0.717, 1.165) is 23.5 Å². The van der Waals surface area contributed by atoms with Crippen LogP contribution in [0.1, 0.15) is 63.6 Å². The number of hydrogen-bond acceptors (Lipinski definition) is 2. The van der Waals surface area contributed by atoms with Gasteiger partial charge in [0.15, 0.2) is 0 Å². The second-order valence-electron chi connectivity index (χ2n) is 7.19. The molecule has 1 aromatic rings. The molecule has 3 heteroatoms. The van der Waals surface area contributed by atoms with Gasteiger partial charge in [-0.05, 0) is 48.3 Å². The molecule has 2 aliphatic rings. The molecule has 0 spiro atoms. The highest BCUT2D eigenvalue weighted by molar-refractivity contribution is 7.85. The van der Waals surface area contributed by atoms with Crippen molar-refractivity contribution in [3.63, 3.8) is 0 Å². The van der Waals surface area contributed by atoms with E-state index in [1.54, 1.807) is 0 Å². The molecular formula is C17H25NOS. The monoisotopic (exact) mass is 291 g/mol. The molecule has 1 aliphatic heterocycles. The average Bonchev–Trinajstić information content (AvgIpc) is 3.20. The molecule has 1 N–H and O–H groups in total. The molecule has 2 atom stereocenters. The van der Waals surface area contributed by atoms with E-state index >= 15 is 0 Å². The van der Waals surface area contributed by atoms with Gasteiger partial charge >= 0.3 is 0 Å². The molecule has 0 saturated heterocycles. The number of rotatable bonds is 2. The van der Waals surface area contributed by atoms with Gasteiger partial charge in [0.05, 0.1) is 10.8 Å². The zero-order chi connectivity index (χ0) is 14.3. The fraction of sp³-hybridized carbons (Fsp3) is 0.647. The highest BCUT2D eigenvalue weighted by Gasteiger charge is 2.30. The molecule has 1 heterocycles. The lowest BCUT2D eigenvalue weighted by Crippen LogP contribution is -2.24. The molecular weight excluding hydrogens is 266 g/mol. The predicted molar refractivity (Wildman–Crippen MR) is 84.6 cm³/mol. The molecule has 0 amide bonds. The molecule has 0 aromatic heterocycles. The quantitative estimate of drug-likeness (QED) is 0.900. The Morgan fingerprint density at radius 2 is 1.95 bits per heavy atom. The number of benzene rings is 1. The third-order valence-electron chi connectivity index (χ3n) is 4.33. The molecule has 2 unspecified atom stereocenters. The first kappa shape index (κ1) is 14.3. The van der Waals surface area contributed by atoms with Crippen molar-refractivity contribution in [1.29, 1.82) is 0 Å². The van der Waals surface area contributed by atoms with E-state index in [4.69, 9.17) is 0 Å². The van der Waals surface area contributed by atoms with Gasteiger partial charge in [-0.1, -0.05) is 32.9 Å². The summed E-state index contributed by atoms with van der Waals surface area (Å²) in [5, 5.41) is 3.75. The van der Waals surface area contributed by atoms with Crippen LogP contribution in [-0.2, 0) is 16.2 Å². The van der Waals surface area contributed by atoms with E-state index < -0.39 is 10.8 Å². The molecule has 20 heavy (non-hydrogen) atoms. The standard InChI is InChI=1S/C17H25NOS/c1-17(2,3)12-6-9-16-14(11-12)15(18-13-7-8-13)5-4-10-20(16)19/h6,9,11,13,15,18H,4-5,7-8,10H2,1-3H3. The van der Waals surface area contributed by atoms with Gasteiger partial charge in [-0.2, -0.15) is 0 Å². The van der Waals surface area contributed by atoms with Gasteiger partial charge in [-0.3, -0.25) is 4.21 Å². The van der Waals surface area contributed by atoms with Gasteiger partial charge in [-0.15, -0.1) is 0 Å². The summed E-state index contributed by atoms with van der Waals surface area (Å²) < 4.78 is 12.4. The predicted octanol–water partition coefficient (Wildman–Crippen LogP) is 3.68. The van der Waals surface area contributed by atoms with Crippen LogP contribution >= 0.6 is 0 Å². The Morgan fingerprint density at radius 3 is 2.60 bits per heavy atom. The van der Waals surface area contributed by atoms with Crippen molar-refractivity contribution < 1.29 is 4.21 Å². The largest absolute Gasteiger partial charge is 0.307 e. The van der Waals surface area contributed by atoms with Gasteiger partial charge in [0.25, 0.3) is 0 Å². The van der Waals surface area contributed by atoms with Crippen molar-refractivity contribution in [1.82, 2.24) is 5.32 Å². The first-order valence-corrected chi connectivity index (χ1v) is 9.06. The third-order valence-corrected chi connectivity index (χ3v) is 5.86. The summed E-state index contributed by atoms with van der Waals surface area (Å²) in [7, 11) is -0.823. The lowest BCUT2D eigenvalue weighted by molar-refractivity contribution is 0.488. The molecule has 1 saturated carbocycles. The van der Waals surface area contributed by atoms with E-state index in [0.29, 0.717) is 12.1 Å². The van der Waals surface area contributed by atoms with Crippen molar-refractivity contribution in [3.05, 3.63) is 29.3 Å². The number of nitrogens with one attached hydrogen (secondary N) is 1. The summed E-state index contributed by atoms with van der Waals surface area (Å²) >= 11 is 0. The van der Waals surface area contributed by atoms with Crippen LogP contribution in [0.3, 0.4) is 0 Å². The van der Waals surface area contributed by atoms with Crippen LogP contribution < -0.4 is 5.32 Å². The highest BCUT2D eigenvalue weighted by atomic mass is 32.2. The van der Waals surface area contributed by atoms with Crippen LogP contribution in [0.2, 0.25) is 0 Å². The van der Waals surface area contributed by atoms with Gasteiger partial charge in [0.2, 0.25) is 0 Å². The van der Waals surface area contributed by atoms with Crippen LogP contribution in [0, 0.1) is 0 Å². The Morgan fingerprint density at radius 1 is 1.20 bits per heavy atom. The molecule has 0 radical (unpaired) electrons. The third kappa shape index (κ3) is 2.99. The average molecular weight is 291 g/mol. The van der Waals surface area contributed by atoms with Crippen molar-refractivity contribution in [2.45, 2.75) is 68.8 Å². The maximum atomic E-state index is 12.4. The second kappa shape index (κ2) is 5.27. The van der Waals surface area contributed by atoms with Gasteiger partial charge in [0, 0.05) is 22.7 Å². The molecule has 110 valence electrons. The first-order valence-electron chi connectivity index (χ1n) is 7.74. The summed E-state index contributed by atoms with van der Waals surface area (Å²) in [6, 6.07) is 7.66. The normalized spacial score (nSPS) is 26.9. The Balaban J connectivity index is 2.01. The maximum absolute atomic E-state index is 12.4. The molecule has 3 rings (SSSR count). The van der Waals surface area contributed by atoms with Gasteiger partial charge in [0.1, 0.15) is 0 Å². The van der Waals surface area contributed by atoms with Crippen LogP contribution in [0.4, 0.5) is 0 Å². The lowest BCUT2D eigenvalue weighted by atomic mass is 9.85. The van der Waals surface area contributed by atoms with Crippen molar-refractivity contribution >= 4 is 10.8 Å². The molecule has 1 aromatic carbocycles. The van der Waals surface area contributed by atoms with Gasteiger partial charge in [-0.25, -0.2) is 0 Å². The van der Waals surface area contributed by atoms with Crippen LogP contribution in [-0.4, -0.2) is 16.0 Å². The highest BCUT2D eigenvalue weighted by Crippen LogP contribution is 2.35. The van der Waals surface area contributed by atoms with Crippen molar-refractivity contribution in [2.75, 3.05) is 5.75 Å². The lowest BCUT2D eigenvalue weighted by Gasteiger charge is -2.24. The van der Waals surface area contributed by atoms with E-state index in [-0.39, 0.29) is 5.41 Å². The summed E-state index contributed by atoms with van der Waals surface area (Å²) in [6.07, 6.45) is 4.77. The maximum Gasteiger partial charge on any atom is 0.0532 e. The molecule has 2 nitrogen and oxygen atoms in total. The molecule has 1 aliphatic carbocycles. The zero-order valence-corrected chi connectivity index (χ0v) is 13.6. The van der Waals surface area contributed by atoms with E-state index in [1.165, 1.54) is 24.0 Å². The zero-order valence-electron chi connectivity index (χ0n) is 12.7. The second-order valence-corrected chi connectivity index (χ2v) is 8.73. The summed E-state index contributed by atoms with van der Waals surface area (Å²) in [5.74, 6) is 0.810. The smallest absolute Gasteiger partial charge is 0.0532 e. The minimum Gasteiger partial charge on any atom is -0.307 e. The Bertz CT molecular complexity index is 528. The van der Waals surface area contributed by atoms with Crippen molar-refractivity contribution in [2.24, 2.45) is 0 Å². The number of fused-ring (bicyclic) bond motifs is 1. The van der Waals surface area contributed by atoms with E-state index in [2.05, 4.69) is 44.3 Å². The van der Waals surface area contributed by atoms with Gasteiger partial charge < -0.3 is 5.32 Å². The fourth-order valence-electron chi connectivity index (χ4n) is 2.89. The minimum atomic E-state index is -0.823.